The second-order valence-corrected chi connectivity index (χ2v) is 7.08. The molecular formula is C22H30F3NO. The lowest BCUT2D eigenvalue weighted by molar-refractivity contribution is -0.149. The molecule has 0 heterocycles. The molecule has 2 nitrogen and oxygen atoms in total. The first-order chi connectivity index (χ1) is 12.9. The summed E-state index contributed by atoms with van der Waals surface area (Å²) in [6.07, 6.45) is 5.23. The van der Waals surface area contributed by atoms with E-state index in [1.165, 1.54) is 50.7 Å². The number of benzene rings is 2. The van der Waals surface area contributed by atoms with Crippen molar-refractivity contribution in [3.05, 3.63) is 42.0 Å². The Morgan fingerprint density at radius 1 is 0.926 bits per heavy atom. The highest BCUT2D eigenvalue weighted by Crippen LogP contribution is 2.34. The highest BCUT2D eigenvalue weighted by atomic mass is 19.4. The maximum absolute atomic E-state index is 12.9. The van der Waals surface area contributed by atoms with Gasteiger partial charge in [-0.1, -0.05) is 76.1 Å². The molecule has 1 atom stereocenters. The van der Waals surface area contributed by atoms with Crippen molar-refractivity contribution in [2.45, 2.75) is 70.5 Å². The van der Waals surface area contributed by atoms with Gasteiger partial charge in [0.05, 0.1) is 6.61 Å². The fourth-order valence-corrected chi connectivity index (χ4v) is 3.19. The summed E-state index contributed by atoms with van der Waals surface area (Å²) in [6.45, 7) is 2.79. The summed E-state index contributed by atoms with van der Waals surface area (Å²) < 4.78 is 44.6. The number of nitrogens with two attached hydrogens (primary N) is 1. The first kappa shape index (κ1) is 21.5. The molecule has 27 heavy (non-hydrogen) atoms. The molecule has 2 aromatic carbocycles. The number of rotatable bonds is 11. The van der Waals surface area contributed by atoms with Gasteiger partial charge in [0.15, 0.2) is 0 Å². The van der Waals surface area contributed by atoms with Gasteiger partial charge in [-0.15, -0.1) is 0 Å². The van der Waals surface area contributed by atoms with Crippen molar-refractivity contribution in [1.82, 2.24) is 0 Å². The summed E-state index contributed by atoms with van der Waals surface area (Å²) >= 11 is 0. The molecule has 2 rings (SSSR count). The Labute approximate surface area is 159 Å². The summed E-state index contributed by atoms with van der Waals surface area (Å²) in [4.78, 5) is 0. The lowest BCUT2D eigenvalue weighted by Crippen LogP contribution is -2.28. The average molecular weight is 381 g/mol. The SMILES string of the molecule is CCCCCCCCCCOc1cccc2ccc([C@H](N)C(F)(F)F)cc12. The topological polar surface area (TPSA) is 35.2 Å². The van der Waals surface area contributed by atoms with Crippen molar-refractivity contribution in [2.75, 3.05) is 6.61 Å². The predicted octanol–water partition coefficient (Wildman–Crippen LogP) is 6.92. The van der Waals surface area contributed by atoms with E-state index in [4.69, 9.17) is 10.5 Å². The van der Waals surface area contributed by atoms with E-state index < -0.39 is 12.2 Å². The third-order valence-corrected chi connectivity index (χ3v) is 4.83. The Kier molecular flexibility index (Phi) is 8.42. The number of halogens is 3. The maximum Gasteiger partial charge on any atom is 0.407 e. The summed E-state index contributed by atoms with van der Waals surface area (Å²) in [6, 6.07) is 8.13. The molecule has 2 N–H and O–H groups in total. The molecule has 0 spiro atoms. The van der Waals surface area contributed by atoms with Crippen LogP contribution in [0.2, 0.25) is 0 Å². The molecule has 0 fully saturated rings. The van der Waals surface area contributed by atoms with Gasteiger partial charge in [-0.25, -0.2) is 0 Å². The van der Waals surface area contributed by atoms with Crippen molar-refractivity contribution in [3.63, 3.8) is 0 Å². The van der Waals surface area contributed by atoms with Crippen LogP contribution >= 0.6 is 0 Å². The number of hydrogen-bond donors (Lipinski definition) is 1. The van der Waals surface area contributed by atoms with Crippen LogP contribution in [-0.4, -0.2) is 12.8 Å². The minimum atomic E-state index is -4.46. The van der Waals surface area contributed by atoms with Gasteiger partial charge in [0.2, 0.25) is 0 Å². The van der Waals surface area contributed by atoms with Gasteiger partial charge in [0.1, 0.15) is 11.8 Å². The van der Waals surface area contributed by atoms with Crippen LogP contribution in [0.3, 0.4) is 0 Å². The van der Waals surface area contributed by atoms with Crippen molar-refractivity contribution in [2.24, 2.45) is 5.73 Å². The third-order valence-electron chi connectivity index (χ3n) is 4.83. The van der Waals surface area contributed by atoms with Crippen molar-refractivity contribution in [3.8, 4) is 5.75 Å². The van der Waals surface area contributed by atoms with E-state index in [1.54, 1.807) is 12.1 Å². The minimum Gasteiger partial charge on any atom is -0.493 e. The van der Waals surface area contributed by atoms with E-state index in [0.717, 1.165) is 18.2 Å². The van der Waals surface area contributed by atoms with E-state index in [-0.39, 0.29) is 5.56 Å². The van der Waals surface area contributed by atoms with E-state index in [2.05, 4.69) is 6.92 Å². The van der Waals surface area contributed by atoms with Crippen LogP contribution in [0.1, 0.15) is 69.9 Å². The van der Waals surface area contributed by atoms with Gasteiger partial charge in [-0.2, -0.15) is 13.2 Å². The van der Waals surface area contributed by atoms with Crippen molar-refractivity contribution < 1.29 is 17.9 Å². The van der Waals surface area contributed by atoms with Gasteiger partial charge < -0.3 is 10.5 Å². The molecule has 5 heteroatoms. The highest BCUT2D eigenvalue weighted by Gasteiger charge is 2.37. The number of ether oxygens (including phenoxy) is 1. The molecule has 0 aromatic heterocycles. The van der Waals surface area contributed by atoms with Crippen LogP contribution in [0.5, 0.6) is 5.75 Å². The van der Waals surface area contributed by atoms with E-state index in [0.29, 0.717) is 17.7 Å². The van der Waals surface area contributed by atoms with Crippen LogP contribution in [0.4, 0.5) is 13.2 Å². The summed E-state index contributed by atoms with van der Waals surface area (Å²) in [7, 11) is 0. The summed E-state index contributed by atoms with van der Waals surface area (Å²) in [5.41, 5.74) is 5.40. The van der Waals surface area contributed by atoms with Crippen molar-refractivity contribution >= 4 is 10.8 Å². The summed E-state index contributed by atoms with van der Waals surface area (Å²) in [5.74, 6) is 0.617. The van der Waals surface area contributed by atoms with Gasteiger partial charge in [0, 0.05) is 5.39 Å². The number of hydrogen-bond acceptors (Lipinski definition) is 2. The molecule has 150 valence electrons. The molecule has 0 bridgehead atoms. The van der Waals surface area contributed by atoms with Gasteiger partial charge in [-0.3, -0.25) is 0 Å². The van der Waals surface area contributed by atoms with E-state index in [1.807, 2.05) is 12.1 Å². The number of alkyl halides is 3. The molecule has 0 saturated carbocycles. The van der Waals surface area contributed by atoms with Gasteiger partial charge in [0.25, 0.3) is 0 Å². The standard InChI is InChI=1S/C22H30F3NO/c1-2-3-4-5-6-7-8-9-15-27-20-12-10-11-17-13-14-18(16-19(17)20)21(26)22(23,24)25/h10-14,16,21H,2-9,15,26H2,1H3/t21-/m0/s1. The number of fused-ring (bicyclic) bond motifs is 1. The molecule has 2 aromatic rings. The van der Waals surface area contributed by atoms with Crippen LogP contribution < -0.4 is 10.5 Å². The van der Waals surface area contributed by atoms with E-state index >= 15 is 0 Å². The largest absolute Gasteiger partial charge is 0.493 e. The van der Waals surface area contributed by atoms with Crippen molar-refractivity contribution in [1.29, 1.82) is 0 Å². The first-order valence-corrected chi connectivity index (χ1v) is 9.91. The van der Waals surface area contributed by atoms with Gasteiger partial charge >= 0.3 is 6.18 Å². The molecule has 0 aliphatic rings. The monoisotopic (exact) mass is 381 g/mol. The Hall–Kier alpha value is -1.75. The Morgan fingerprint density at radius 3 is 2.26 bits per heavy atom. The number of unbranched alkanes of at least 4 members (excludes halogenated alkanes) is 7. The fraction of sp³-hybridized carbons (Fsp3) is 0.545. The van der Waals surface area contributed by atoms with E-state index in [9.17, 15) is 13.2 Å². The quantitative estimate of drug-likeness (QED) is 0.429. The lowest BCUT2D eigenvalue weighted by Gasteiger charge is -2.17. The maximum atomic E-state index is 12.9. The average Bonchev–Trinajstić information content (AvgIpc) is 2.65. The third kappa shape index (κ3) is 6.73. The Bertz CT molecular complexity index is 700. The zero-order valence-corrected chi connectivity index (χ0v) is 16.0. The Balaban J connectivity index is 1.90. The summed E-state index contributed by atoms with van der Waals surface area (Å²) in [5, 5.41) is 1.52. The molecule has 0 saturated heterocycles. The highest BCUT2D eigenvalue weighted by molar-refractivity contribution is 5.89. The zero-order valence-electron chi connectivity index (χ0n) is 16.0. The second kappa shape index (κ2) is 10.5. The molecular weight excluding hydrogens is 351 g/mol. The predicted molar refractivity (Wildman–Crippen MR) is 105 cm³/mol. The first-order valence-electron chi connectivity index (χ1n) is 9.91. The van der Waals surface area contributed by atoms with Gasteiger partial charge in [-0.05, 0) is 29.5 Å². The van der Waals surface area contributed by atoms with Crippen LogP contribution in [-0.2, 0) is 0 Å². The van der Waals surface area contributed by atoms with Crippen LogP contribution in [0.25, 0.3) is 10.8 Å². The van der Waals surface area contributed by atoms with Crippen LogP contribution in [0, 0.1) is 0 Å². The normalized spacial score (nSPS) is 13.1. The Morgan fingerprint density at radius 2 is 1.59 bits per heavy atom. The minimum absolute atomic E-state index is 0.0538. The van der Waals surface area contributed by atoms with Crippen LogP contribution in [0.15, 0.2) is 36.4 Å². The fourth-order valence-electron chi connectivity index (χ4n) is 3.19. The molecule has 0 aliphatic heterocycles. The zero-order chi connectivity index (χ0) is 19.7. The molecule has 0 radical (unpaired) electrons. The molecule has 0 aliphatic carbocycles. The molecule has 0 unspecified atom stereocenters. The smallest absolute Gasteiger partial charge is 0.407 e. The molecule has 0 amide bonds. The second-order valence-electron chi connectivity index (χ2n) is 7.08. The lowest BCUT2D eigenvalue weighted by atomic mass is 10.0.